The Balaban J connectivity index is 1.91. The lowest BCUT2D eigenvalue weighted by molar-refractivity contribution is 0.186. The van der Waals surface area contributed by atoms with E-state index >= 15 is 0 Å². The van der Waals surface area contributed by atoms with Crippen LogP contribution in [0, 0.1) is 0 Å². The van der Waals surface area contributed by atoms with Gasteiger partial charge in [0.25, 0.3) is 0 Å². The Kier molecular flexibility index (Phi) is 4.32. The number of rotatable bonds is 3. The van der Waals surface area contributed by atoms with Crippen LogP contribution in [0.1, 0.15) is 18.5 Å². The van der Waals surface area contributed by atoms with Crippen LogP contribution in [0.15, 0.2) is 22.8 Å². The highest BCUT2D eigenvalue weighted by molar-refractivity contribution is 9.10. The number of nitrogens with one attached hydrogen (secondary N) is 1. The lowest BCUT2D eigenvalue weighted by Gasteiger charge is -2.32. The van der Waals surface area contributed by atoms with Crippen LogP contribution in [0.2, 0.25) is 0 Å². The van der Waals surface area contributed by atoms with Crippen LogP contribution >= 0.6 is 15.9 Å². The zero-order chi connectivity index (χ0) is 11.4. The van der Waals surface area contributed by atoms with E-state index in [2.05, 4.69) is 43.3 Å². The SMILES string of the molecule is CNC1CCCN(Cc2ccc(Br)cn2)C1. The molecule has 1 aromatic heterocycles. The Morgan fingerprint density at radius 3 is 3.12 bits per heavy atom. The molecular weight excluding hydrogens is 266 g/mol. The first-order valence-corrected chi connectivity index (χ1v) is 6.57. The molecule has 1 unspecified atom stereocenters. The van der Waals surface area contributed by atoms with Crippen LogP contribution in [0.5, 0.6) is 0 Å². The van der Waals surface area contributed by atoms with Gasteiger partial charge in [-0.15, -0.1) is 0 Å². The summed E-state index contributed by atoms with van der Waals surface area (Å²) in [7, 11) is 2.05. The number of hydrogen-bond donors (Lipinski definition) is 1. The maximum absolute atomic E-state index is 4.41. The first kappa shape index (κ1) is 12.0. The van der Waals surface area contributed by atoms with E-state index in [-0.39, 0.29) is 0 Å². The summed E-state index contributed by atoms with van der Waals surface area (Å²) < 4.78 is 1.04. The van der Waals surface area contributed by atoms with Crippen LogP contribution in [0.3, 0.4) is 0 Å². The summed E-state index contributed by atoms with van der Waals surface area (Å²) in [5, 5.41) is 3.36. The van der Waals surface area contributed by atoms with Crippen molar-refractivity contribution in [1.82, 2.24) is 15.2 Å². The molecule has 3 nitrogen and oxygen atoms in total. The molecule has 0 spiro atoms. The monoisotopic (exact) mass is 283 g/mol. The summed E-state index contributed by atoms with van der Waals surface area (Å²) in [5.74, 6) is 0. The molecule has 1 aliphatic rings. The fourth-order valence-corrected chi connectivity index (χ4v) is 2.40. The summed E-state index contributed by atoms with van der Waals surface area (Å²) in [6.45, 7) is 3.29. The molecule has 0 radical (unpaired) electrons. The normalized spacial score (nSPS) is 22.2. The van der Waals surface area contributed by atoms with Crippen molar-refractivity contribution >= 4 is 15.9 Å². The van der Waals surface area contributed by atoms with Crippen molar-refractivity contribution in [3.63, 3.8) is 0 Å². The molecule has 1 fully saturated rings. The Hall–Kier alpha value is -0.450. The highest BCUT2D eigenvalue weighted by Crippen LogP contribution is 2.14. The van der Waals surface area contributed by atoms with Gasteiger partial charge in [0.05, 0.1) is 5.69 Å². The number of piperidine rings is 1. The Morgan fingerprint density at radius 1 is 1.56 bits per heavy atom. The highest BCUT2D eigenvalue weighted by atomic mass is 79.9. The summed E-state index contributed by atoms with van der Waals surface area (Å²) in [6.07, 6.45) is 4.44. The molecule has 1 aliphatic heterocycles. The van der Waals surface area contributed by atoms with Crippen molar-refractivity contribution in [2.24, 2.45) is 0 Å². The van der Waals surface area contributed by atoms with E-state index in [1.54, 1.807) is 0 Å². The topological polar surface area (TPSA) is 28.2 Å². The molecule has 2 heterocycles. The van der Waals surface area contributed by atoms with Crippen LogP contribution < -0.4 is 5.32 Å². The second kappa shape index (κ2) is 5.75. The highest BCUT2D eigenvalue weighted by Gasteiger charge is 2.18. The predicted molar refractivity (Wildman–Crippen MR) is 69.3 cm³/mol. The molecule has 0 bridgehead atoms. The van der Waals surface area contributed by atoms with Crippen LogP contribution in [-0.2, 0) is 6.54 Å². The van der Waals surface area contributed by atoms with Gasteiger partial charge in [0.2, 0.25) is 0 Å². The zero-order valence-electron chi connectivity index (χ0n) is 9.62. The quantitative estimate of drug-likeness (QED) is 0.920. The molecule has 0 amide bonds. The van der Waals surface area contributed by atoms with E-state index in [0.29, 0.717) is 6.04 Å². The lowest BCUT2D eigenvalue weighted by atomic mass is 10.1. The molecule has 4 heteroatoms. The number of likely N-dealkylation sites (N-methyl/N-ethyl adjacent to an activating group) is 1. The van der Waals surface area contributed by atoms with Crippen LogP contribution in [0.25, 0.3) is 0 Å². The first-order valence-electron chi connectivity index (χ1n) is 5.78. The third kappa shape index (κ3) is 3.27. The summed E-state index contributed by atoms with van der Waals surface area (Å²) in [5.41, 5.74) is 1.15. The average Bonchev–Trinajstić information content (AvgIpc) is 2.32. The molecule has 1 aromatic rings. The Labute approximate surface area is 105 Å². The van der Waals surface area contributed by atoms with Crippen molar-refractivity contribution in [3.05, 3.63) is 28.5 Å². The van der Waals surface area contributed by atoms with E-state index in [9.17, 15) is 0 Å². The second-order valence-corrected chi connectivity index (χ2v) is 5.25. The van der Waals surface area contributed by atoms with Crippen LogP contribution in [0.4, 0.5) is 0 Å². The van der Waals surface area contributed by atoms with Gasteiger partial charge < -0.3 is 5.32 Å². The molecule has 0 aliphatic carbocycles. The summed E-state index contributed by atoms with van der Waals surface area (Å²) in [4.78, 5) is 6.89. The van der Waals surface area contributed by atoms with Crippen LogP contribution in [-0.4, -0.2) is 36.1 Å². The minimum Gasteiger partial charge on any atom is -0.316 e. The lowest BCUT2D eigenvalue weighted by Crippen LogP contribution is -2.43. The number of aromatic nitrogens is 1. The number of nitrogens with zero attached hydrogens (tertiary/aromatic N) is 2. The number of likely N-dealkylation sites (tertiary alicyclic amines) is 1. The molecule has 16 heavy (non-hydrogen) atoms. The molecule has 88 valence electrons. The van der Waals surface area contributed by atoms with E-state index in [0.717, 1.165) is 23.3 Å². The molecule has 0 saturated carbocycles. The van der Waals surface area contributed by atoms with Gasteiger partial charge in [-0.25, -0.2) is 0 Å². The van der Waals surface area contributed by atoms with E-state index in [1.807, 2.05) is 13.2 Å². The first-order chi connectivity index (χ1) is 7.78. The van der Waals surface area contributed by atoms with Crippen molar-refractivity contribution in [3.8, 4) is 0 Å². The van der Waals surface area contributed by atoms with Crippen molar-refractivity contribution in [2.75, 3.05) is 20.1 Å². The van der Waals surface area contributed by atoms with Gasteiger partial charge in [-0.3, -0.25) is 9.88 Å². The van der Waals surface area contributed by atoms with E-state index < -0.39 is 0 Å². The number of hydrogen-bond acceptors (Lipinski definition) is 3. The molecule has 1 saturated heterocycles. The summed E-state index contributed by atoms with van der Waals surface area (Å²) >= 11 is 3.41. The van der Waals surface area contributed by atoms with Gasteiger partial charge in [-0.05, 0) is 54.5 Å². The largest absolute Gasteiger partial charge is 0.316 e. The maximum atomic E-state index is 4.41. The fraction of sp³-hybridized carbons (Fsp3) is 0.583. The third-order valence-corrected chi connectivity index (χ3v) is 3.56. The standard InChI is InChI=1S/C12H18BrN3/c1-14-11-3-2-6-16(8-11)9-12-5-4-10(13)7-15-12/h4-5,7,11,14H,2-3,6,8-9H2,1H3. The smallest absolute Gasteiger partial charge is 0.0544 e. The Morgan fingerprint density at radius 2 is 2.44 bits per heavy atom. The third-order valence-electron chi connectivity index (χ3n) is 3.09. The predicted octanol–water partition coefficient (Wildman–Crippen LogP) is 2.03. The molecular formula is C12H18BrN3. The number of pyridine rings is 1. The minimum absolute atomic E-state index is 0.643. The molecule has 1 N–H and O–H groups in total. The summed E-state index contributed by atoms with van der Waals surface area (Å²) in [6, 6.07) is 4.79. The van der Waals surface area contributed by atoms with Gasteiger partial charge >= 0.3 is 0 Å². The van der Waals surface area contributed by atoms with Gasteiger partial charge in [0.1, 0.15) is 0 Å². The maximum Gasteiger partial charge on any atom is 0.0544 e. The van der Waals surface area contributed by atoms with Crippen molar-refractivity contribution < 1.29 is 0 Å². The van der Waals surface area contributed by atoms with E-state index in [4.69, 9.17) is 0 Å². The van der Waals surface area contributed by atoms with Crippen molar-refractivity contribution in [2.45, 2.75) is 25.4 Å². The minimum atomic E-state index is 0.643. The van der Waals surface area contributed by atoms with Gasteiger partial charge in [-0.2, -0.15) is 0 Å². The van der Waals surface area contributed by atoms with Gasteiger partial charge in [0, 0.05) is 29.8 Å². The Bertz CT molecular complexity index is 326. The average molecular weight is 284 g/mol. The number of halogens is 1. The second-order valence-electron chi connectivity index (χ2n) is 4.33. The molecule has 2 rings (SSSR count). The molecule has 0 aromatic carbocycles. The molecule has 1 atom stereocenters. The van der Waals surface area contributed by atoms with E-state index in [1.165, 1.54) is 19.4 Å². The van der Waals surface area contributed by atoms with Gasteiger partial charge in [0.15, 0.2) is 0 Å². The van der Waals surface area contributed by atoms with Crippen molar-refractivity contribution in [1.29, 1.82) is 0 Å². The van der Waals surface area contributed by atoms with Gasteiger partial charge in [-0.1, -0.05) is 0 Å². The fourth-order valence-electron chi connectivity index (χ4n) is 2.16. The zero-order valence-corrected chi connectivity index (χ0v) is 11.2.